The van der Waals surface area contributed by atoms with Crippen molar-refractivity contribution in [2.24, 2.45) is 0 Å². The number of carbonyl (C=O) groups excluding carboxylic acids is 1. The Bertz CT molecular complexity index is 965. The third kappa shape index (κ3) is 4.26. The van der Waals surface area contributed by atoms with E-state index in [1.807, 2.05) is 12.1 Å². The lowest BCUT2D eigenvalue weighted by Crippen LogP contribution is -2.47. The number of halogens is 2. The van der Waals surface area contributed by atoms with Gasteiger partial charge < -0.3 is 16.0 Å². The fraction of sp³-hybridized carbons (Fsp3) is 0.300. The van der Waals surface area contributed by atoms with E-state index < -0.39 is 11.9 Å². The first-order valence-electron chi connectivity index (χ1n) is 9.28. The molecule has 1 aliphatic heterocycles. The predicted octanol–water partition coefficient (Wildman–Crippen LogP) is 4.36. The molecule has 3 aromatic rings. The van der Waals surface area contributed by atoms with Gasteiger partial charge in [0.1, 0.15) is 5.82 Å². The van der Waals surface area contributed by atoms with Crippen molar-refractivity contribution in [2.45, 2.75) is 31.3 Å². The van der Waals surface area contributed by atoms with Gasteiger partial charge in [0.15, 0.2) is 0 Å². The molecule has 1 aromatic heterocycles. The van der Waals surface area contributed by atoms with Gasteiger partial charge in [-0.05, 0) is 61.3 Å². The minimum absolute atomic E-state index is 0.00807. The van der Waals surface area contributed by atoms with Crippen LogP contribution in [0.2, 0.25) is 5.02 Å². The smallest absolute Gasteiger partial charge is 0.319 e. The third-order valence-electron chi connectivity index (χ3n) is 4.98. The minimum atomic E-state index is -0.420. The summed E-state index contributed by atoms with van der Waals surface area (Å²) in [5.74, 6) is -0.420. The Kier molecular flexibility index (Phi) is 5.45. The van der Waals surface area contributed by atoms with Gasteiger partial charge in [-0.3, -0.25) is 5.10 Å². The van der Waals surface area contributed by atoms with Gasteiger partial charge in [0.2, 0.25) is 0 Å². The van der Waals surface area contributed by atoms with Gasteiger partial charge in [-0.1, -0.05) is 18.0 Å². The lowest BCUT2D eigenvalue weighted by molar-refractivity contribution is 0.240. The van der Waals surface area contributed by atoms with Crippen molar-refractivity contribution < 1.29 is 9.18 Å². The molecule has 8 heteroatoms. The van der Waals surface area contributed by atoms with Crippen LogP contribution in [0.1, 0.15) is 30.9 Å². The zero-order valence-corrected chi connectivity index (χ0v) is 15.9. The molecule has 0 saturated carbocycles. The second-order valence-electron chi connectivity index (χ2n) is 7.01. The molecule has 1 fully saturated rings. The van der Waals surface area contributed by atoms with Crippen LogP contribution in [0.3, 0.4) is 0 Å². The number of nitrogens with one attached hydrogen (secondary N) is 4. The first-order valence-corrected chi connectivity index (χ1v) is 9.66. The number of aromatic nitrogens is 2. The molecule has 6 nitrogen and oxygen atoms in total. The maximum Gasteiger partial charge on any atom is 0.319 e. The lowest BCUT2D eigenvalue weighted by Gasteiger charge is -2.32. The summed E-state index contributed by atoms with van der Waals surface area (Å²) in [4.78, 5) is 12.7. The van der Waals surface area contributed by atoms with Gasteiger partial charge in [0.05, 0.1) is 17.8 Å². The van der Waals surface area contributed by atoms with E-state index in [0.29, 0.717) is 16.3 Å². The van der Waals surface area contributed by atoms with Crippen LogP contribution in [0.4, 0.5) is 14.9 Å². The average molecular weight is 402 g/mol. The van der Waals surface area contributed by atoms with E-state index in [-0.39, 0.29) is 12.1 Å². The molecular formula is C20H21ClFN5O. The molecule has 0 radical (unpaired) electrons. The summed E-state index contributed by atoms with van der Waals surface area (Å²) < 4.78 is 13.9. The minimum Gasteiger partial charge on any atom is -0.329 e. The van der Waals surface area contributed by atoms with Gasteiger partial charge in [-0.25, -0.2) is 9.18 Å². The number of benzene rings is 2. The Morgan fingerprint density at radius 1 is 1.25 bits per heavy atom. The number of fused-ring (bicyclic) bond motifs is 1. The standard InChI is InChI=1S/C20H21ClFN5O/c21-14-7-12(8-15(22)10-14)19(18-3-1-2-6-23-18)26-20(28)25-16-4-5-17-13(9-16)11-24-27-17/h4-5,7-11,18-19,23H,1-3,6H2,(H,24,27)(H2,25,26,28)/t18-,19-/m0/s1. The second-order valence-corrected chi connectivity index (χ2v) is 7.44. The molecule has 0 bridgehead atoms. The number of hydrogen-bond acceptors (Lipinski definition) is 3. The van der Waals surface area contributed by atoms with Crippen LogP contribution in [0.15, 0.2) is 42.6 Å². The Hall–Kier alpha value is -2.64. The van der Waals surface area contributed by atoms with Crippen molar-refractivity contribution in [1.82, 2.24) is 20.8 Å². The van der Waals surface area contributed by atoms with Crippen molar-refractivity contribution >= 4 is 34.2 Å². The van der Waals surface area contributed by atoms with Crippen LogP contribution in [0.5, 0.6) is 0 Å². The van der Waals surface area contributed by atoms with Crippen LogP contribution >= 0.6 is 11.6 Å². The molecule has 2 heterocycles. The Balaban J connectivity index is 1.54. The molecule has 0 spiro atoms. The van der Waals surface area contributed by atoms with Gasteiger partial charge in [-0.2, -0.15) is 5.10 Å². The van der Waals surface area contributed by atoms with E-state index in [2.05, 4.69) is 26.1 Å². The summed E-state index contributed by atoms with van der Waals surface area (Å²) in [6, 6.07) is 9.12. The number of carbonyl (C=O) groups is 1. The zero-order valence-electron chi connectivity index (χ0n) is 15.1. The summed E-state index contributed by atoms with van der Waals surface area (Å²) in [6.45, 7) is 0.866. The van der Waals surface area contributed by atoms with E-state index >= 15 is 0 Å². The maximum absolute atomic E-state index is 13.9. The molecule has 0 unspecified atom stereocenters. The zero-order chi connectivity index (χ0) is 19.5. The van der Waals surface area contributed by atoms with Gasteiger partial charge in [0, 0.05) is 22.1 Å². The van der Waals surface area contributed by atoms with E-state index in [1.165, 1.54) is 12.1 Å². The maximum atomic E-state index is 13.9. The van der Waals surface area contributed by atoms with Crippen molar-refractivity contribution in [3.05, 3.63) is 59.0 Å². The highest BCUT2D eigenvalue weighted by Gasteiger charge is 2.27. The second kappa shape index (κ2) is 8.16. The van der Waals surface area contributed by atoms with Crippen LogP contribution in [-0.4, -0.2) is 28.8 Å². The number of H-pyrrole nitrogens is 1. The number of nitrogens with zero attached hydrogens (tertiary/aromatic N) is 1. The Morgan fingerprint density at radius 3 is 2.93 bits per heavy atom. The number of amides is 2. The largest absolute Gasteiger partial charge is 0.329 e. The molecule has 4 N–H and O–H groups in total. The number of aromatic amines is 1. The summed E-state index contributed by atoms with van der Waals surface area (Å²) in [6.07, 6.45) is 4.73. The predicted molar refractivity (Wildman–Crippen MR) is 108 cm³/mol. The third-order valence-corrected chi connectivity index (χ3v) is 5.20. The highest BCUT2D eigenvalue weighted by Crippen LogP contribution is 2.27. The monoisotopic (exact) mass is 401 g/mol. The van der Waals surface area contributed by atoms with Crippen molar-refractivity contribution in [3.8, 4) is 0 Å². The summed E-state index contributed by atoms with van der Waals surface area (Å²) in [5.41, 5.74) is 2.19. The molecule has 28 heavy (non-hydrogen) atoms. The fourth-order valence-electron chi connectivity index (χ4n) is 3.66. The molecule has 2 atom stereocenters. The normalized spacial score (nSPS) is 18.0. The van der Waals surface area contributed by atoms with E-state index in [9.17, 15) is 9.18 Å². The average Bonchev–Trinajstić information content (AvgIpc) is 3.14. The number of piperidine rings is 1. The van der Waals surface area contributed by atoms with Crippen molar-refractivity contribution in [3.63, 3.8) is 0 Å². The summed E-state index contributed by atoms with van der Waals surface area (Å²) in [5, 5.41) is 17.3. The van der Waals surface area contributed by atoms with E-state index in [4.69, 9.17) is 11.6 Å². The number of hydrogen-bond donors (Lipinski definition) is 4. The first kappa shape index (κ1) is 18.7. The molecule has 1 saturated heterocycles. The number of rotatable bonds is 4. The lowest BCUT2D eigenvalue weighted by atomic mass is 9.92. The molecule has 4 rings (SSSR count). The Labute approximate surface area is 166 Å². The first-order chi connectivity index (χ1) is 13.6. The summed E-state index contributed by atoms with van der Waals surface area (Å²) in [7, 11) is 0. The van der Waals surface area contributed by atoms with Gasteiger partial charge in [0.25, 0.3) is 0 Å². The SMILES string of the molecule is O=C(Nc1ccc2[nH]ncc2c1)N[C@@H](c1cc(F)cc(Cl)c1)[C@@H]1CCCCN1. The van der Waals surface area contributed by atoms with E-state index in [0.717, 1.165) is 36.7 Å². The van der Waals surface area contributed by atoms with Gasteiger partial charge in [-0.15, -0.1) is 0 Å². The number of anilines is 1. The molecule has 1 aliphatic rings. The van der Waals surface area contributed by atoms with Crippen LogP contribution in [0.25, 0.3) is 10.9 Å². The van der Waals surface area contributed by atoms with Crippen molar-refractivity contribution in [2.75, 3.05) is 11.9 Å². The topological polar surface area (TPSA) is 81.8 Å². The van der Waals surface area contributed by atoms with Gasteiger partial charge >= 0.3 is 6.03 Å². The fourth-order valence-corrected chi connectivity index (χ4v) is 3.89. The molecule has 146 valence electrons. The molecule has 2 amide bonds. The molecule has 0 aliphatic carbocycles. The van der Waals surface area contributed by atoms with E-state index in [1.54, 1.807) is 18.3 Å². The van der Waals surface area contributed by atoms with Crippen LogP contribution in [-0.2, 0) is 0 Å². The molecule has 2 aromatic carbocycles. The Morgan fingerprint density at radius 2 is 2.14 bits per heavy atom. The summed E-state index contributed by atoms with van der Waals surface area (Å²) >= 11 is 6.05. The molecular weight excluding hydrogens is 381 g/mol. The highest BCUT2D eigenvalue weighted by atomic mass is 35.5. The van der Waals surface area contributed by atoms with Crippen molar-refractivity contribution in [1.29, 1.82) is 0 Å². The van der Waals surface area contributed by atoms with Crippen LogP contribution in [0, 0.1) is 5.82 Å². The number of urea groups is 1. The van der Waals surface area contributed by atoms with Crippen LogP contribution < -0.4 is 16.0 Å². The highest BCUT2D eigenvalue weighted by molar-refractivity contribution is 6.30. The quantitative estimate of drug-likeness (QED) is 0.524.